The molecule has 0 aromatic heterocycles. The Labute approximate surface area is 133 Å². The Morgan fingerprint density at radius 3 is 2.41 bits per heavy atom. The number of Topliss-reactive ketones (excluding diaryl/α,β-unsaturated/α-hetero) is 1. The van der Waals surface area contributed by atoms with E-state index >= 15 is 0 Å². The van der Waals surface area contributed by atoms with Crippen molar-refractivity contribution < 1.29 is 14.3 Å². The summed E-state index contributed by atoms with van der Waals surface area (Å²) in [6.45, 7) is 9.71. The maximum Gasteiger partial charge on any atom is 0.159 e. The number of benzene rings is 1. The molecule has 0 aliphatic carbocycles. The van der Waals surface area contributed by atoms with Gasteiger partial charge in [0, 0.05) is 18.7 Å². The third kappa shape index (κ3) is 5.43. The number of carbonyl (C=O) groups is 1. The number of hydrogen-bond acceptors (Lipinski definition) is 4. The fraction of sp³-hybridized carbons (Fsp3) is 0.611. The number of rotatable bonds is 7. The van der Waals surface area contributed by atoms with Gasteiger partial charge in [0.25, 0.3) is 0 Å². The molecule has 0 saturated carbocycles. The van der Waals surface area contributed by atoms with Crippen molar-refractivity contribution in [3.8, 4) is 5.75 Å². The predicted octanol–water partition coefficient (Wildman–Crippen LogP) is 3.16. The van der Waals surface area contributed by atoms with Gasteiger partial charge in [0.1, 0.15) is 5.75 Å². The van der Waals surface area contributed by atoms with E-state index in [9.17, 15) is 4.79 Å². The lowest BCUT2D eigenvalue weighted by Gasteiger charge is -2.35. The smallest absolute Gasteiger partial charge is 0.159 e. The highest BCUT2D eigenvalue weighted by Crippen LogP contribution is 2.14. The number of hydrogen-bond donors (Lipinski definition) is 0. The van der Waals surface area contributed by atoms with Crippen LogP contribution in [-0.2, 0) is 4.74 Å². The topological polar surface area (TPSA) is 38.8 Å². The summed E-state index contributed by atoms with van der Waals surface area (Å²) >= 11 is 0. The molecule has 1 fully saturated rings. The molecule has 2 rings (SSSR count). The molecule has 1 heterocycles. The van der Waals surface area contributed by atoms with E-state index in [-0.39, 0.29) is 5.78 Å². The van der Waals surface area contributed by atoms with Gasteiger partial charge >= 0.3 is 0 Å². The number of ether oxygens (including phenoxy) is 2. The zero-order chi connectivity index (χ0) is 15.9. The first-order valence-electron chi connectivity index (χ1n) is 8.16. The molecule has 22 heavy (non-hydrogen) atoms. The minimum Gasteiger partial charge on any atom is -0.494 e. The maximum absolute atomic E-state index is 11.2. The molecule has 0 radical (unpaired) electrons. The van der Waals surface area contributed by atoms with Crippen molar-refractivity contribution in [1.82, 2.24) is 4.90 Å². The molecule has 1 aliphatic rings. The van der Waals surface area contributed by atoms with Gasteiger partial charge in [-0.1, -0.05) is 0 Å². The third-order valence-electron chi connectivity index (χ3n) is 3.89. The van der Waals surface area contributed by atoms with E-state index < -0.39 is 0 Å². The van der Waals surface area contributed by atoms with E-state index in [1.807, 2.05) is 24.3 Å². The summed E-state index contributed by atoms with van der Waals surface area (Å²) in [7, 11) is 0. The van der Waals surface area contributed by atoms with Gasteiger partial charge in [-0.2, -0.15) is 0 Å². The second-order valence-electron chi connectivity index (χ2n) is 6.15. The third-order valence-corrected chi connectivity index (χ3v) is 3.89. The van der Waals surface area contributed by atoms with Gasteiger partial charge in [-0.15, -0.1) is 0 Å². The zero-order valence-electron chi connectivity index (χ0n) is 13.9. The summed E-state index contributed by atoms with van der Waals surface area (Å²) in [6, 6.07) is 7.35. The summed E-state index contributed by atoms with van der Waals surface area (Å²) < 4.78 is 11.5. The zero-order valence-corrected chi connectivity index (χ0v) is 13.9. The van der Waals surface area contributed by atoms with Crippen LogP contribution in [0.5, 0.6) is 5.75 Å². The molecule has 0 N–H and O–H groups in total. The molecule has 4 heteroatoms. The maximum atomic E-state index is 11.2. The Bertz CT molecular complexity index is 462. The normalized spacial score (nSPS) is 22.5. The van der Waals surface area contributed by atoms with Crippen molar-refractivity contribution in [3.05, 3.63) is 29.8 Å². The molecular formula is C18H27NO3. The summed E-state index contributed by atoms with van der Waals surface area (Å²) in [5, 5.41) is 0. The summed E-state index contributed by atoms with van der Waals surface area (Å²) in [5.74, 6) is 0.916. The molecule has 1 aliphatic heterocycles. The summed E-state index contributed by atoms with van der Waals surface area (Å²) in [5.41, 5.74) is 0.725. The first kappa shape index (κ1) is 17.0. The minimum absolute atomic E-state index is 0.0838. The van der Waals surface area contributed by atoms with Gasteiger partial charge in [0.2, 0.25) is 0 Å². The van der Waals surface area contributed by atoms with Crippen LogP contribution in [0.4, 0.5) is 0 Å². The van der Waals surface area contributed by atoms with E-state index in [1.165, 1.54) is 0 Å². The summed E-state index contributed by atoms with van der Waals surface area (Å²) in [4.78, 5) is 13.7. The van der Waals surface area contributed by atoms with Gasteiger partial charge in [0.15, 0.2) is 5.78 Å². The average molecular weight is 305 g/mol. The molecule has 1 aromatic carbocycles. The standard InChI is InChI=1S/C18H27NO3/c1-14-12-19(13-15(2)22-14)10-4-5-11-21-18-8-6-17(7-9-18)16(3)20/h6-9,14-15H,4-5,10-13H2,1-3H3. The van der Waals surface area contributed by atoms with Crippen LogP contribution in [0.25, 0.3) is 0 Å². The molecule has 2 unspecified atom stereocenters. The fourth-order valence-corrected chi connectivity index (χ4v) is 2.88. The minimum atomic E-state index is 0.0838. The van der Waals surface area contributed by atoms with Gasteiger partial charge in [0.05, 0.1) is 18.8 Å². The van der Waals surface area contributed by atoms with Gasteiger partial charge in [-0.05, 0) is 64.4 Å². The Morgan fingerprint density at radius 1 is 1.18 bits per heavy atom. The highest BCUT2D eigenvalue weighted by molar-refractivity contribution is 5.94. The molecule has 122 valence electrons. The van der Waals surface area contributed by atoms with Crippen molar-refractivity contribution in [2.24, 2.45) is 0 Å². The van der Waals surface area contributed by atoms with Crippen LogP contribution < -0.4 is 4.74 Å². The predicted molar refractivity (Wildman–Crippen MR) is 87.6 cm³/mol. The van der Waals surface area contributed by atoms with Gasteiger partial charge < -0.3 is 9.47 Å². The second kappa shape index (κ2) is 8.30. The van der Waals surface area contributed by atoms with Crippen molar-refractivity contribution in [3.63, 3.8) is 0 Å². The van der Waals surface area contributed by atoms with Crippen LogP contribution in [0.2, 0.25) is 0 Å². The van der Waals surface area contributed by atoms with Crippen molar-refractivity contribution in [2.45, 2.75) is 45.8 Å². The molecule has 4 nitrogen and oxygen atoms in total. The second-order valence-corrected chi connectivity index (χ2v) is 6.15. The summed E-state index contributed by atoms with van der Waals surface area (Å²) in [6.07, 6.45) is 2.83. The number of unbranched alkanes of at least 4 members (excludes halogenated alkanes) is 1. The van der Waals surface area contributed by atoms with Gasteiger partial charge in [-0.25, -0.2) is 0 Å². The lowest BCUT2D eigenvalue weighted by Crippen LogP contribution is -2.45. The molecule has 0 amide bonds. The SMILES string of the molecule is CC(=O)c1ccc(OCCCCN2CC(C)OC(C)C2)cc1. The fourth-order valence-electron chi connectivity index (χ4n) is 2.88. The number of ketones is 1. The van der Waals surface area contributed by atoms with Crippen LogP contribution in [0.1, 0.15) is 44.0 Å². The highest BCUT2D eigenvalue weighted by atomic mass is 16.5. The molecule has 1 aromatic rings. The van der Waals surface area contributed by atoms with E-state index in [1.54, 1.807) is 6.92 Å². The highest BCUT2D eigenvalue weighted by Gasteiger charge is 2.21. The van der Waals surface area contributed by atoms with E-state index in [0.717, 1.165) is 50.4 Å². The van der Waals surface area contributed by atoms with Crippen LogP contribution in [0.15, 0.2) is 24.3 Å². The van der Waals surface area contributed by atoms with Crippen LogP contribution >= 0.6 is 0 Å². The lowest BCUT2D eigenvalue weighted by molar-refractivity contribution is -0.0682. The first-order chi connectivity index (χ1) is 10.5. The van der Waals surface area contributed by atoms with Crippen molar-refractivity contribution in [1.29, 1.82) is 0 Å². The Morgan fingerprint density at radius 2 is 1.82 bits per heavy atom. The molecule has 1 saturated heterocycles. The molecule has 0 bridgehead atoms. The van der Waals surface area contributed by atoms with Crippen molar-refractivity contribution in [2.75, 3.05) is 26.2 Å². The Balaban J connectivity index is 1.62. The average Bonchev–Trinajstić information content (AvgIpc) is 2.46. The van der Waals surface area contributed by atoms with E-state index in [4.69, 9.17) is 9.47 Å². The van der Waals surface area contributed by atoms with Gasteiger partial charge in [-0.3, -0.25) is 9.69 Å². The van der Waals surface area contributed by atoms with Crippen molar-refractivity contribution >= 4 is 5.78 Å². The number of carbonyl (C=O) groups excluding carboxylic acids is 1. The quantitative estimate of drug-likeness (QED) is 0.573. The number of morpholine rings is 1. The Hall–Kier alpha value is -1.39. The lowest BCUT2D eigenvalue weighted by atomic mass is 10.1. The van der Waals surface area contributed by atoms with Crippen LogP contribution in [-0.4, -0.2) is 49.1 Å². The monoisotopic (exact) mass is 305 g/mol. The van der Waals surface area contributed by atoms with Crippen LogP contribution in [0, 0.1) is 0 Å². The van der Waals surface area contributed by atoms with Crippen LogP contribution in [0.3, 0.4) is 0 Å². The van der Waals surface area contributed by atoms with E-state index in [0.29, 0.717) is 12.2 Å². The molecular weight excluding hydrogens is 278 g/mol. The Kier molecular flexibility index (Phi) is 6.40. The van der Waals surface area contributed by atoms with E-state index in [2.05, 4.69) is 18.7 Å². The molecule has 0 spiro atoms. The number of nitrogens with zero attached hydrogens (tertiary/aromatic N) is 1. The first-order valence-corrected chi connectivity index (χ1v) is 8.16. The molecule has 2 atom stereocenters. The largest absolute Gasteiger partial charge is 0.494 e.